The molecule has 0 aromatic carbocycles. The Morgan fingerprint density at radius 1 is 1.37 bits per heavy atom. The summed E-state index contributed by atoms with van der Waals surface area (Å²) in [5.74, 6) is -1.29. The van der Waals surface area contributed by atoms with E-state index in [1.165, 1.54) is 6.07 Å². The summed E-state index contributed by atoms with van der Waals surface area (Å²) in [6.07, 6.45) is 0. The Bertz CT molecular complexity index is 479. The fourth-order valence-electron chi connectivity index (χ4n) is 1.13. The van der Waals surface area contributed by atoms with Gasteiger partial charge >= 0.3 is 5.97 Å². The first-order valence-corrected chi connectivity index (χ1v) is 7.28. The average molecular weight is 330 g/mol. The van der Waals surface area contributed by atoms with E-state index < -0.39 is 42.3 Å². The van der Waals surface area contributed by atoms with Crippen LogP contribution in [0.15, 0.2) is 11.0 Å². The molecule has 0 fully saturated rings. The molecule has 0 aliphatic carbocycles. The number of halogens is 1. The van der Waals surface area contributed by atoms with E-state index in [2.05, 4.69) is 4.72 Å². The maximum absolute atomic E-state index is 12.0. The van der Waals surface area contributed by atoms with Gasteiger partial charge in [-0.1, -0.05) is 11.6 Å². The molecule has 1 aromatic rings. The number of carboxylic acid groups (broad SMARTS) is 1. The second kappa shape index (κ2) is 6.75. The summed E-state index contributed by atoms with van der Waals surface area (Å²) >= 11 is 6.42. The zero-order valence-corrected chi connectivity index (χ0v) is 11.9. The van der Waals surface area contributed by atoms with E-state index in [-0.39, 0.29) is 14.1 Å². The minimum atomic E-state index is -2.05. The van der Waals surface area contributed by atoms with Gasteiger partial charge in [0.15, 0.2) is 0 Å². The number of aliphatic hydroxyl groups excluding tert-OH is 3. The largest absolute Gasteiger partial charge is 0.477 e. The van der Waals surface area contributed by atoms with E-state index in [1.54, 1.807) is 0 Å². The Morgan fingerprint density at radius 3 is 2.32 bits per heavy atom. The molecule has 1 rings (SSSR count). The SMILES string of the molecule is O=C(O)c1sc(Cl)cc1S(=O)NC(CO)(CO)CO. The lowest BCUT2D eigenvalue weighted by Gasteiger charge is -2.27. The molecule has 19 heavy (non-hydrogen) atoms. The van der Waals surface area contributed by atoms with Gasteiger partial charge in [0.2, 0.25) is 0 Å². The Labute approximate surface area is 120 Å². The Morgan fingerprint density at radius 2 is 1.89 bits per heavy atom. The summed E-state index contributed by atoms with van der Waals surface area (Å²) in [7, 11) is -2.05. The molecule has 5 N–H and O–H groups in total. The van der Waals surface area contributed by atoms with Crippen LogP contribution in [-0.4, -0.2) is 56.0 Å². The van der Waals surface area contributed by atoms with Crippen molar-refractivity contribution >= 4 is 39.9 Å². The van der Waals surface area contributed by atoms with Gasteiger partial charge in [-0.05, 0) is 6.07 Å². The molecule has 0 aliphatic heterocycles. The zero-order valence-electron chi connectivity index (χ0n) is 9.50. The molecule has 1 aromatic heterocycles. The van der Waals surface area contributed by atoms with Crippen LogP contribution >= 0.6 is 22.9 Å². The van der Waals surface area contributed by atoms with Crippen LogP contribution in [0.2, 0.25) is 4.34 Å². The highest BCUT2D eigenvalue weighted by molar-refractivity contribution is 7.83. The number of carboxylic acids is 1. The number of thiophene rings is 1. The molecule has 0 amide bonds. The van der Waals surface area contributed by atoms with E-state index in [1.807, 2.05) is 0 Å². The Kier molecular flexibility index (Phi) is 5.86. The first kappa shape index (κ1) is 16.5. The summed E-state index contributed by atoms with van der Waals surface area (Å²) in [4.78, 5) is 10.7. The third-order valence-corrected chi connectivity index (χ3v) is 5.00. The maximum atomic E-state index is 12.0. The van der Waals surface area contributed by atoms with Crippen molar-refractivity contribution in [2.45, 2.75) is 10.4 Å². The number of carbonyl (C=O) groups is 1. The van der Waals surface area contributed by atoms with Gasteiger partial charge in [0.05, 0.1) is 34.6 Å². The predicted molar refractivity (Wildman–Crippen MR) is 69.8 cm³/mol. The highest BCUT2D eigenvalue weighted by atomic mass is 35.5. The van der Waals surface area contributed by atoms with E-state index >= 15 is 0 Å². The first-order valence-electron chi connectivity index (χ1n) is 4.94. The van der Waals surface area contributed by atoms with Crippen LogP contribution in [0.25, 0.3) is 0 Å². The van der Waals surface area contributed by atoms with Gasteiger partial charge < -0.3 is 20.4 Å². The third-order valence-electron chi connectivity index (χ3n) is 2.28. The molecule has 0 bridgehead atoms. The fourth-order valence-corrected chi connectivity index (χ4v) is 3.76. The average Bonchev–Trinajstić information content (AvgIpc) is 2.78. The smallest absolute Gasteiger partial charge is 0.347 e. The predicted octanol–water partition coefficient (Wildman–Crippen LogP) is -0.572. The van der Waals surface area contributed by atoms with Gasteiger partial charge in [-0.15, -0.1) is 11.3 Å². The molecule has 1 heterocycles. The molecular formula is C9H12ClNO6S2. The van der Waals surface area contributed by atoms with Crippen LogP contribution < -0.4 is 4.72 Å². The first-order chi connectivity index (χ1) is 8.89. The molecule has 7 nitrogen and oxygen atoms in total. The van der Waals surface area contributed by atoms with Gasteiger partial charge in [-0.2, -0.15) is 0 Å². The summed E-state index contributed by atoms with van der Waals surface area (Å²) < 4.78 is 14.5. The van der Waals surface area contributed by atoms with Crippen molar-refractivity contribution in [3.05, 3.63) is 15.3 Å². The summed E-state index contributed by atoms with van der Waals surface area (Å²) in [6, 6.07) is 1.22. The fraction of sp³-hybridized carbons (Fsp3) is 0.444. The second-order valence-electron chi connectivity index (χ2n) is 3.67. The topological polar surface area (TPSA) is 127 Å². The van der Waals surface area contributed by atoms with Crippen LogP contribution in [0, 0.1) is 0 Å². The molecule has 108 valence electrons. The number of rotatable bonds is 7. The van der Waals surface area contributed by atoms with E-state index in [9.17, 15) is 9.00 Å². The van der Waals surface area contributed by atoms with Crippen molar-refractivity contribution in [2.24, 2.45) is 0 Å². The number of aromatic carboxylic acids is 1. The molecule has 0 aliphatic rings. The molecule has 0 radical (unpaired) electrons. The van der Waals surface area contributed by atoms with Crippen LogP contribution in [0.3, 0.4) is 0 Å². The van der Waals surface area contributed by atoms with Crippen LogP contribution in [-0.2, 0) is 11.0 Å². The van der Waals surface area contributed by atoms with E-state index in [4.69, 9.17) is 32.0 Å². The molecule has 0 saturated carbocycles. The second-order valence-corrected chi connectivity index (χ2v) is 6.54. The summed E-state index contributed by atoms with van der Waals surface area (Å²) in [5, 5.41) is 36.2. The van der Waals surface area contributed by atoms with Crippen LogP contribution in [0.4, 0.5) is 0 Å². The van der Waals surface area contributed by atoms with Crippen molar-refractivity contribution in [3.8, 4) is 0 Å². The lowest BCUT2D eigenvalue weighted by atomic mass is 10.1. The maximum Gasteiger partial charge on any atom is 0.347 e. The van der Waals surface area contributed by atoms with Gasteiger partial charge in [0.1, 0.15) is 15.9 Å². The van der Waals surface area contributed by atoms with E-state index in [0.29, 0.717) is 0 Å². The van der Waals surface area contributed by atoms with Gasteiger partial charge in [0.25, 0.3) is 0 Å². The zero-order chi connectivity index (χ0) is 14.6. The lowest BCUT2D eigenvalue weighted by Crippen LogP contribution is -2.55. The van der Waals surface area contributed by atoms with Crippen molar-refractivity contribution in [1.29, 1.82) is 0 Å². The van der Waals surface area contributed by atoms with E-state index in [0.717, 1.165) is 11.3 Å². The van der Waals surface area contributed by atoms with Crippen molar-refractivity contribution in [3.63, 3.8) is 0 Å². The Balaban J connectivity index is 3.04. The van der Waals surface area contributed by atoms with Crippen molar-refractivity contribution in [2.75, 3.05) is 19.8 Å². The van der Waals surface area contributed by atoms with Crippen LogP contribution in [0.5, 0.6) is 0 Å². The van der Waals surface area contributed by atoms with Gasteiger partial charge in [0, 0.05) is 0 Å². The minimum absolute atomic E-state index is 0.0813. The molecule has 10 heteroatoms. The molecule has 0 spiro atoms. The number of hydrogen-bond donors (Lipinski definition) is 5. The quantitative estimate of drug-likeness (QED) is 0.456. The monoisotopic (exact) mass is 329 g/mol. The van der Waals surface area contributed by atoms with Crippen molar-refractivity contribution in [1.82, 2.24) is 4.72 Å². The molecule has 1 atom stereocenters. The standard InChI is InChI=1S/C9H12ClNO6S2/c10-6-1-5(7(18-6)8(15)16)19(17)11-9(2-12,3-13)4-14/h1,11-14H,2-4H2,(H,15,16). The Hall–Kier alpha value is -0.550. The summed E-state index contributed by atoms with van der Waals surface area (Å²) in [5.41, 5.74) is -1.57. The van der Waals surface area contributed by atoms with Gasteiger partial charge in [-0.25, -0.2) is 13.7 Å². The van der Waals surface area contributed by atoms with Gasteiger partial charge in [-0.3, -0.25) is 0 Å². The third kappa shape index (κ3) is 3.72. The molecular weight excluding hydrogens is 318 g/mol. The number of nitrogens with one attached hydrogen (secondary N) is 1. The molecule has 0 saturated heterocycles. The van der Waals surface area contributed by atoms with Crippen LogP contribution in [0.1, 0.15) is 9.67 Å². The highest BCUT2D eigenvalue weighted by Crippen LogP contribution is 2.29. The lowest BCUT2D eigenvalue weighted by molar-refractivity contribution is 0.0592. The number of hydrogen-bond acceptors (Lipinski definition) is 6. The minimum Gasteiger partial charge on any atom is -0.477 e. The normalized spacial score (nSPS) is 13.5. The summed E-state index contributed by atoms with van der Waals surface area (Å²) in [6.45, 7) is -2.02. The molecule has 1 unspecified atom stereocenters. The van der Waals surface area contributed by atoms with Crippen molar-refractivity contribution < 1.29 is 29.4 Å². The highest BCUT2D eigenvalue weighted by Gasteiger charge is 2.32. The number of aliphatic hydroxyl groups is 3.